The Labute approximate surface area is 166 Å². The number of carbonyl (C=O) groups is 1. The van der Waals surface area contributed by atoms with E-state index in [-0.39, 0.29) is 17.9 Å². The summed E-state index contributed by atoms with van der Waals surface area (Å²) in [5, 5.41) is 4.94. The molecule has 4 rings (SSSR count). The van der Waals surface area contributed by atoms with E-state index in [0.717, 1.165) is 16.7 Å². The van der Waals surface area contributed by atoms with Gasteiger partial charge in [-0.3, -0.25) is 9.59 Å². The van der Waals surface area contributed by atoms with Crippen LogP contribution in [0, 0.1) is 0 Å². The predicted molar refractivity (Wildman–Crippen MR) is 105 cm³/mol. The molecule has 0 aliphatic carbocycles. The molecule has 0 spiro atoms. The Hall–Kier alpha value is -3.12. The molecule has 0 radical (unpaired) electrons. The highest BCUT2D eigenvalue weighted by Crippen LogP contribution is 2.30. The van der Waals surface area contributed by atoms with E-state index in [1.54, 1.807) is 36.4 Å². The molecule has 7 heteroatoms. The second-order valence-electron chi connectivity index (χ2n) is 6.36. The third-order valence-corrected chi connectivity index (χ3v) is 4.62. The van der Waals surface area contributed by atoms with Crippen LogP contribution in [0.2, 0.25) is 5.02 Å². The first-order valence-electron chi connectivity index (χ1n) is 8.87. The SMILES string of the molecule is O=C(Cn1nc(-c2ccc(Cl)cc2)ccc1=O)c1ccc2c(c1)OCCCO2. The van der Waals surface area contributed by atoms with Crippen LogP contribution >= 0.6 is 11.6 Å². The maximum atomic E-state index is 12.7. The number of ether oxygens (including phenoxy) is 2. The van der Waals surface area contributed by atoms with Gasteiger partial charge < -0.3 is 9.47 Å². The van der Waals surface area contributed by atoms with Crippen LogP contribution in [0.1, 0.15) is 16.8 Å². The number of halogens is 1. The van der Waals surface area contributed by atoms with Gasteiger partial charge in [-0.2, -0.15) is 5.10 Å². The molecule has 2 aromatic carbocycles. The third-order valence-electron chi connectivity index (χ3n) is 4.37. The van der Waals surface area contributed by atoms with Crippen LogP contribution in [0.3, 0.4) is 0 Å². The highest BCUT2D eigenvalue weighted by atomic mass is 35.5. The van der Waals surface area contributed by atoms with Crippen LogP contribution in [0.5, 0.6) is 11.5 Å². The van der Waals surface area contributed by atoms with Crippen molar-refractivity contribution in [3.05, 3.63) is 75.5 Å². The Balaban J connectivity index is 1.59. The van der Waals surface area contributed by atoms with E-state index in [2.05, 4.69) is 5.10 Å². The zero-order valence-electron chi connectivity index (χ0n) is 14.9. The van der Waals surface area contributed by atoms with E-state index in [4.69, 9.17) is 21.1 Å². The number of aromatic nitrogens is 2. The molecule has 28 heavy (non-hydrogen) atoms. The number of Topliss-reactive ketones (excluding diaryl/α,β-unsaturated/α-hetero) is 1. The van der Waals surface area contributed by atoms with Crippen molar-refractivity contribution in [3.8, 4) is 22.8 Å². The number of carbonyl (C=O) groups excluding carboxylic acids is 1. The second-order valence-corrected chi connectivity index (χ2v) is 6.79. The van der Waals surface area contributed by atoms with Crippen molar-refractivity contribution in [3.63, 3.8) is 0 Å². The summed E-state index contributed by atoms with van der Waals surface area (Å²) in [4.78, 5) is 24.9. The second kappa shape index (κ2) is 7.86. The number of rotatable bonds is 4. The van der Waals surface area contributed by atoms with Crippen molar-refractivity contribution in [2.45, 2.75) is 13.0 Å². The van der Waals surface area contributed by atoms with Gasteiger partial charge in [0.25, 0.3) is 5.56 Å². The summed E-state index contributed by atoms with van der Waals surface area (Å²) < 4.78 is 12.4. The van der Waals surface area contributed by atoms with E-state index < -0.39 is 0 Å². The van der Waals surface area contributed by atoms with Gasteiger partial charge in [0.05, 0.1) is 18.9 Å². The van der Waals surface area contributed by atoms with Gasteiger partial charge in [0.1, 0.15) is 6.54 Å². The van der Waals surface area contributed by atoms with Gasteiger partial charge >= 0.3 is 0 Å². The topological polar surface area (TPSA) is 70.4 Å². The summed E-state index contributed by atoms with van der Waals surface area (Å²) in [5.41, 5.74) is 1.49. The normalized spacial score (nSPS) is 13.0. The summed E-state index contributed by atoms with van der Waals surface area (Å²) in [6.07, 6.45) is 0.786. The summed E-state index contributed by atoms with van der Waals surface area (Å²) in [6.45, 7) is 0.950. The minimum Gasteiger partial charge on any atom is -0.490 e. The molecule has 0 atom stereocenters. The molecular weight excluding hydrogens is 380 g/mol. The van der Waals surface area contributed by atoms with Gasteiger partial charge in [-0.05, 0) is 36.4 Å². The zero-order chi connectivity index (χ0) is 19.5. The Morgan fingerprint density at radius 3 is 2.54 bits per heavy atom. The fraction of sp³-hybridized carbons (Fsp3) is 0.190. The van der Waals surface area contributed by atoms with Crippen LogP contribution in [-0.4, -0.2) is 28.8 Å². The van der Waals surface area contributed by atoms with Crippen molar-refractivity contribution in [1.29, 1.82) is 0 Å². The van der Waals surface area contributed by atoms with E-state index in [9.17, 15) is 9.59 Å². The molecule has 0 fully saturated rings. The quantitative estimate of drug-likeness (QED) is 0.630. The standard InChI is InChI=1S/C21H17ClN2O4/c22-16-5-2-14(3-6-16)17-7-9-21(26)24(23-17)13-18(25)15-4-8-19-20(12-15)28-11-1-10-27-19/h2-9,12H,1,10-11,13H2. The molecule has 3 aromatic rings. The maximum Gasteiger partial charge on any atom is 0.267 e. The van der Waals surface area contributed by atoms with Gasteiger partial charge in [-0.15, -0.1) is 0 Å². The summed E-state index contributed by atoms with van der Waals surface area (Å²) >= 11 is 5.91. The van der Waals surface area contributed by atoms with Crippen LogP contribution in [0.25, 0.3) is 11.3 Å². The number of hydrogen-bond acceptors (Lipinski definition) is 5. The minimum absolute atomic E-state index is 0.167. The van der Waals surface area contributed by atoms with Crippen LogP contribution in [-0.2, 0) is 6.54 Å². The lowest BCUT2D eigenvalue weighted by atomic mass is 10.1. The molecule has 2 heterocycles. The summed E-state index contributed by atoms with van der Waals surface area (Å²) in [6, 6.07) is 15.2. The highest BCUT2D eigenvalue weighted by molar-refractivity contribution is 6.30. The Bertz CT molecular complexity index is 1080. The van der Waals surface area contributed by atoms with E-state index >= 15 is 0 Å². The maximum absolute atomic E-state index is 12.7. The van der Waals surface area contributed by atoms with Gasteiger partial charge in [0.15, 0.2) is 17.3 Å². The molecule has 0 bridgehead atoms. The largest absolute Gasteiger partial charge is 0.490 e. The fourth-order valence-corrected chi connectivity index (χ4v) is 3.03. The molecule has 0 N–H and O–H groups in total. The first kappa shape index (κ1) is 18.3. The average Bonchev–Trinajstić information content (AvgIpc) is 2.95. The lowest BCUT2D eigenvalue weighted by molar-refractivity contribution is 0.0965. The molecule has 0 amide bonds. The fourth-order valence-electron chi connectivity index (χ4n) is 2.90. The van der Waals surface area contributed by atoms with Gasteiger partial charge in [0, 0.05) is 28.6 Å². The van der Waals surface area contributed by atoms with Crippen molar-refractivity contribution < 1.29 is 14.3 Å². The summed E-state index contributed by atoms with van der Waals surface area (Å²) in [5.74, 6) is 0.922. The van der Waals surface area contributed by atoms with Crippen molar-refractivity contribution in [2.24, 2.45) is 0 Å². The van der Waals surface area contributed by atoms with Gasteiger partial charge in [0.2, 0.25) is 0 Å². The van der Waals surface area contributed by atoms with E-state index in [1.165, 1.54) is 6.07 Å². The molecule has 0 unspecified atom stereocenters. The Kier molecular flexibility index (Phi) is 5.12. The first-order valence-corrected chi connectivity index (χ1v) is 9.25. The minimum atomic E-state index is -0.347. The molecule has 1 aliphatic rings. The third kappa shape index (κ3) is 3.92. The average molecular weight is 397 g/mol. The number of fused-ring (bicyclic) bond motifs is 1. The molecule has 0 saturated heterocycles. The molecule has 142 valence electrons. The molecular formula is C21H17ClN2O4. The molecule has 6 nitrogen and oxygen atoms in total. The van der Waals surface area contributed by atoms with Gasteiger partial charge in [-0.1, -0.05) is 23.7 Å². The monoisotopic (exact) mass is 396 g/mol. The van der Waals surface area contributed by atoms with Crippen LogP contribution in [0.4, 0.5) is 0 Å². The van der Waals surface area contributed by atoms with Gasteiger partial charge in [-0.25, -0.2) is 4.68 Å². The van der Waals surface area contributed by atoms with Crippen molar-refractivity contribution in [2.75, 3.05) is 13.2 Å². The predicted octanol–water partition coefficient (Wildman–Crippen LogP) is 3.61. The van der Waals surface area contributed by atoms with Crippen LogP contribution in [0.15, 0.2) is 59.4 Å². The van der Waals surface area contributed by atoms with E-state index in [0.29, 0.717) is 41.0 Å². The molecule has 1 aromatic heterocycles. The van der Waals surface area contributed by atoms with Crippen molar-refractivity contribution in [1.82, 2.24) is 9.78 Å². The molecule has 0 saturated carbocycles. The van der Waals surface area contributed by atoms with E-state index in [1.807, 2.05) is 12.1 Å². The Morgan fingerprint density at radius 1 is 1.00 bits per heavy atom. The zero-order valence-corrected chi connectivity index (χ0v) is 15.7. The lowest BCUT2D eigenvalue weighted by Crippen LogP contribution is -2.26. The number of hydrogen-bond donors (Lipinski definition) is 0. The number of benzene rings is 2. The molecule has 1 aliphatic heterocycles. The smallest absolute Gasteiger partial charge is 0.267 e. The number of ketones is 1. The first-order chi connectivity index (χ1) is 13.6. The highest BCUT2D eigenvalue weighted by Gasteiger charge is 2.15. The number of nitrogens with zero attached hydrogens (tertiary/aromatic N) is 2. The summed E-state index contributed by atoms with van der Waals surface area (Å²) in [7, 11) is 0. The lowest BCUT2D eigenvalue weighted by Gasteiger charge is -2.10. The van der Waals surface area contributed by atoms with Crippen molar-refractivity contribution >= 4 is 17.4 Å². The van der Waals surface area contributed by atoms with Crippen LogP contribution < -0.4 is 15.0 Å². The Morgan fingerprint density at radius 2 is 1.75 bits per heavy atom.